The van der Waals surface area contributed by atoms with Crippen LogP contribution in [0.2, 0.25) is 0 Å². The van der Waals surface area contributed by atoms with Crippen LogP contribution in [0, 0.1) is 4.91 Å². The molecule has 7 heteroatoms. The van der Waals surface area contributed by atoms with Gasteiger partial charge in [-0.25, -0.2) is 0 Å². The number of H-pyrrole nitrogens is 1. The molecule has 23 heavy (non-hydrogen) atoms. The highest BCUT2D eigenvalue weighted by molar-refractivity contribution is 9.10. The maximum atomic E-state index is 12.4. The van der Waals surface area contributed by atoms with Crippen molar-refractivity contribution in [2.75, 3.05) is 11.1 Å². The van der Waals surface area contributed by atoms with E-state index < -0.39 is 5.92 Å². The van der Waals surface area contributed by atoms with Gasteiger partial charge in [-0.2, -0.15) is 0 Å². The summed E-state index contributed by atoms with van der Waals surface area (Å²) < 4.78 is 0.834. The molecule has 1 amide bonds. The van der Waals surface area contributed by atoms with Crippen LogP contribution in [-0.2, 0) is 4.79 Å². The van der Waals surface area contributed by atoms with E-state index in [9.17, 15) is 9.70 Å². The second-order valence-corrected chi connectivity index (χ2v) is 6.35. The summed E-state index contributed by atoms with van der Waals surface area (Å²) in [5.74, 6) is -0.839. The van der Waals surface area contributed by atoms with Crippen molar-refractivity contribution in [3.63, 3.8) is 0 Å². The second kappa shape index (κ2) is 4.92. The average Bonchev–Trinajstić information content (AvgIpc) is 3.02. The zero-order valence-electron chi connectivity index (χ0n) is 11.8. The SMILES string of the molecule is Nc1ccc2c(c1)C(c1[nH]c3ccc(Br)cc3c1N=O)C(=O)N2. The summed E-state index contributed by atoms with van der Waals surface area (Å²) in [5.41, 5.74) is 9.32. The Kier molecular flexibility index (Phi) is 2.99. The standard InChI is InChI=1S/C16H11BrN4O2/c17-7-1-3-12-10(5-7)14(21-23)15(19-12)13-9-6-8(18)2-4-11(9)20-16(13)22/h1-6,13,19H,18H2,(H,20,22). The lowest BCUT2D eigenvalue weighted by molar-refractivity contribution is -0.116. The molecule has 0 saturated heterocycles. The van der Waals surface area contributed by atoms with Crippen molar-refractivity contribution in [3.05, 3.63) is 57.0 Å². The number of rotatable bonds is 2. The minimum absolute atomic E-state index is 0.207. The Morgan fingerprint density at radius 3 is 2.78 bits per heavy atom. The fraction of sp³-hybridized carbons (Fsp3) is 0.0625. The number of nitrogens with one attached hydrogen (secondary N) is 2. The fourth-order valence-electron chi connectivity index (χ4n) is 3.04. The third kappa shape index (κ3) is 2.04. The molecule has 6 nitrogen and oxygen atoms in total. The lowest BCUT2D eigenvalue weighted by Crippen LogP contribution is -2.13. The first-order chi connectivity index (χ1) is 11.1. The molecule has 4 N–H and O–H groups in total. The number of amides is 1. The van der Waals surface area contributed by atoms with Crippen LogP contribution in [0.4, 0.5) is 17.1 Å². The van der Waals surface area contributed by atoms with Gasteiger partial charge in [0.15, 0.2) is 0 Å². The van der Waals surface area contributed by atoms with E-state index in [0.29, 0.717) is 22.5 Å². The molecule has 1 aliphatic heterocycles. The number of carbonyl (C=O) groups is 1. The minimum atomic E-state index is -0.632. The Bertz CT molecular complexity index is 980. The first-order valence-corrected chi connectivity index (χ1v) is 7.72. The third-order valence-electron chi connectivity index (χ3n) is 4.05. The van der Waals surface area contributed by atoms with Crippen molar-refractivity contribution in [2.24, 2.45) is 5.18 Å². The number of hydrogen-bond acceptors (Lipinski definition) is 4. The minimum Gasteiger partial charge on any atom is -0.399 e. The number of halogens is 1. The molecular weight excluding hydrogens is 360 g/mol. The Labute approximate surface area is 139 Å². The molecule has 3 aromatic rings. The molecule has 1 aromatic heterocycles. The number of aromatic amines is 1. The normalized spacial score (nSPS) is 16.4. The molecule has 2 aromatic carbocycles. The molecule has 2 heterocycles. The number of aromatic nitrogens is 1. The number of anilines is 2. The van der Waals surface area contributed by atoms with E-state index in [1.165, 1.54) is 0 Å². The maximum absolute atomic E-state index is 12.4. The Morgan fingerprint density at radius 1 is 1.17 bits per heavy atom. The van der Waals surface area contributed by atoms with E-state index in [-0.39, 0.29) is 11.6 Å². The van der Waals surface area contributed by atoms with Crippen molar-refractivity contribution in [1.82, 2.24) is 4.98 Å². The number of benzene rings is 2. The van der Waals surface area contributed by atoms with Crippen molar-refractivity contribution in [2.45, 2.75) is 5.92 Å². The van der Waals surface area contributed by atoms with Gasteiger partial charge in [0.25, 0.3) is 0 Å². The van der Waals surface area contributed by atoms with E-state index in [1.807, 2.05) is 12.1 Å². The van der Waals surface area contributed by atoms with Gasteiger partial charge in [-0.05, 0) is 47.1 Å². The molecule has 0 bridgehead atoms. The molecule has 4 rings (SSSR count). The van der Waals surface area contributed by atoms with E-state index in [0.717, 1.165) is 15.6 Å². The third-order valence-corrected chi connectivity index (χ3v) is 4.54. The highest BCUT2D eigenvalue weighted by atomic mass is 79.9. The van der Waals surface area contributed by atoms with Crippen LogP contribution in [0.3, 0.4) is 0 Å². The molecule has 114 valence electrons. The van der Waals surface area contributed by atoms with Gasteiger partial charge in [0, 0.05) is 26.8 Å². The van der Waals surface area contributed by atoms with Crippen molar-refractivity contribution in [1.29, 1.82) is 0 Å². The van der Waals surface area contributed by atoms with Crippen LogP contribution < -0.4 is 11.1 Å². The van der Waals surface area contributed by atoms with Crippen LogP contribution in [0.1, 0.15) is 17.2 Å². The highest BCUT2D eigenvalue weighted by Gasteiger charge is 2.35. The zero-order chi connectivity index (χ0) is 16.1. The Morgan fingerprint density at radius 2 is 2.00 bits per heavy atom. The highest BCUT2D eigenvalue weighted by Crippen LogP contribution is 2.44. The summed E-state index contributed by atoms with van der Waals surface area (Å²) in [4.78, 5) is 27.0. The molecule has 1 unspecified atom stereocenters. The Hall–Kier alpha value is -2.67. The molecule has 0 aliphatic carbocycles. The van der Waals surface area contributed by atoms with Gasteiger partial charge in [-0.3, -0.25) is 4.79 Å². The van der Waals surface area contributed by atoms with Crippen molar-refractivity contribution >= 4 is 49.8 Å². The van der Waals surface area contributed by atoms with Crippen LogP contribution in [0.15, 0.2) is 46.0 Å². The summed E-state index contributed by atoms with van der Waals surface area (Å²) in [6, 6.07) is 10.7. The van der Waals surface area contributed by atoms with Gasteiger partial charge in [0.05, 0.1) is 5.69 Å². The van der Waals surface area contributed by atoms with Gasteiger partial charge >= 0.3 is 0 Å². The molecule has 1 atom stereocenters. The summed E-state index contributed by atoms with van der Waals surface area (Å²) in [5, 5.41) is 6.65. The van der Waals surface area contributed by atoms with Gasteiger partial charge in [0.2, 0.25) is 5.91 Å². The largest absolute Gasteiger partial charge is 0.399 e. The summed E-state index contributed by atoms with van der Waals surface area (Å²) >= 11 is 3.38. The lowest BCUT2D eigenvalue weighted by atomic mass is 9.95. The summed E-state index contributed by atoms with van der Waals surface area (Å²) in [6.07, 6.45) is 0. The van der Waals surface area contributed by atoms with E-state index in [2.05, 4.69) is 31.4 Å². The van der Waals surface area contributed by atoms with Crippen LogP contribution in [0.5, 0.6) is 0 Å². The van der Waals surface area contributed by atoms with Crippen LogP contribution >= 0.6 is 15.9 Å². The quantitative estimate of drug-likeness (QED) is 0.469. The van der Waals surface area contributed by atoms with Crippen LogP contribution in [0.25, 0.3) is 10.9 Å². The molecule has 0 fully saturated rings. The van der Waals surface area contributed by atoms with E-state index in [1.54, 1.807) is 24.3 Å². The van der Waals surface area contributed by atoms with Gasteiger partial charge in [-0.15, -0.1) is 4.91 Å². The summed E-state index contributed by atoms with van der Waals surface area (Å²) in [6.45, 7) is 0. The number of hydrogen-bond donors (Lipinski definition) is 3. The number of nitrogens with two attached hydrogens (primary N) is 1. The van der Waals surface area contributed by atoms with Crippen molar-refractivity contribution in [3.8, 4) is 0 Å². The average molecular weight is 371 g/mol. The summed E-state index contributed by atoms with van der Waals surface area (Å²) in [7, 11) is 0. The molecule has 0 saturated carbocycles. The Balaban J connectivity index is 1.98. The molecule has 0 radical (unpaired) electrons. The molecule has 1 aliphatic rings. The first-order valence-electron chi connectivity index (χ1n) is 6.93. The fourth-order valence-corrected chi connectivity index (χ4v) is 3.41. The van der Waals surface area contributed by atoms with E-state index in [4.69, 9.17) is 5.73 Å². The zero-order valence-corrected chi connectivity index (χ0v) is 13.3. The lowest BCUT2D eigenvalue weighted by Gasteiger charge is -2.08. The first kappa shape index (κ1) is 14.0. The number of nitroso groups, excluding NO2 is 1. The molecule has 0 spiro atoms. The van der Waals surface area contributed by atoms with E-state index >= 15 is 0 Å². The van der Waals surface area contributed by atoms with Crippen LogP contribution in [-0.4, -0.2) is 10.9 Å². The van der Waals surface area contributed by atoms with Crippen molar-refractivity contribution < 1.29 is 4.79 Å². The predicted octanol–water partition coefficient (Wildman–Crippen LogP) is 3.99. The van der Waals surface area contributed by atoms with Gasteiger partial charge in [-0.1, -0.05) is 15.9 Å². The van der Waals surface area contributed by atoms with Gasteiger partial charge < -0.3 is 16.0 Å². The molecular formula is C16H11BrN4O2. The smallest absolute Gasteiger partial charge is 0.238 e. The maximum Gasteiger partial charge on any atom is 0.238 e. The number of nitrogen functional groups attached to an aromatic ring is 1. The number of nitrogens with zero attached hydrogens (tertiary/aromatic N) is 1. The topological polar surface area (TPSA) is 100 Å². The second-order valence-electron chi connectivity index (χ2n) is 5.44. The number of carbonyl (C=O) groups excluding carboxylic acids is 1. The number of fused-ring (bicyclic) bond motifs is 2. The predicted molar refractivity (Wildman–Crippen MR) is 92.8 cm³/mol. The van der Waals surface area contributed by atoms with Gasteiger partial charge in [0.1, 0.15) is 11.6 Å². The monoisotopic (exact) mass is 370 g/mol.